The molecule has 2 bridgehead atoms. The second-order valence-corrected chi connectivity index (χ2v) is 6.65. The lowest BCUT2D eigenvalue weighted by molar-refractivity contribution is -0.204. The van der Waals surface area contributed by atoms with Gasteiger partial charge in [0.15, 0.2) is 0 Å². The molecule has 0 aromatic rings. The fourth-order valence-electron chi connectivity index (χ4n) is 5.88. The van der Waals surface area contributed by atoms with E-state index >= 15 is 0 Å². The molecule has 0 aliphatic heterocycles. The molecule has 0 saturated heterocycles. The van der Waals surface area contributed by atoms with Crippen molar-refractivity contribution >= 4 is 0 Å². The number of hydrogen-bond donors (Lipinski definition) is 0. The van der Waals surface area contributed by atoms with Crippen LogP contribution in [0, 0.1) is 47.3 Å². The smallest absolute Gasteiger partial charge is 0.0194 e. The van der Waals surface area contributed by atoms with E-state index in [1.54, 1.807) is 0 Å². The van der Waals surface area contributed by atoms with Crippen LogP contribution in [-0.4, -0.2) is 0 Å². The molecule has 8 unspecified atom stereocenters. The third-order valence-electron chi connectivity index (χ3n) is 6.40. The third kappa shape index (κ3) is 0.893. The molecular formula is C16H22. The molecule has 8 atom stereocenters. The zero-order valence-electron chi connectivity index (χ0n) is 10.2. The van der Waals surface area contributed by atoms with Crippen LogP contribution in [0.4, 0.5) is 0 Å². The van der Waals surface area contributed by atoms with Gasteiger partial charge in [-0.25, -0.2) is 0 Å². The summed E-state index contributed by atoms with van der Waals surface area (Å²) >= 11 is 0. The van der Waals surface area contributed by atoms with Gasteiger partial charge in [0.25, 0.3) is 0 Å². The van der Waals surface area contributed by atoms with Gasteiger partial charge in [0.1, 0.15) is 0 Å². The van der Waals surface area contributed by atoms with Crippen molar-refractivity contribution < 1.29 is 0 Å². The van der Waals surface area contributed by atoms with Gasteiger partial charge in [-0.1, -0.05) is 25.2 Å². The Morgan fingerprint density at radius 1 is 1.12 bits per heavy atom. The summed E-state index contributed by atoms with van der Waals surface area (Å²) in [6, 6.07) is 0. The number of fused-ring (bicyclic) bond motifs is 8. The first-order valence-electron chi connectivity index (χ1n) is 7.12. The number of hydrogen-bond acceptors (Lipinski definition) is 0. The van der Waals surface area contributed by atoms with Crippen LogP contribution in [0.2, 0.25) is 0 Å². The molecule has 0 heteroatoms. The maximum atomic E-state index is 3.87. The summed E-state index contributed by atoms with van der Waals surface area (Å²) in [5.41, 5.74) is 0. The second-order valence-electron chi connectivity index (χ2n) is 6.65. The molecule has 0 amide bonds. The first-order chi connectivity index (χ1) is 7.83. The predicted molar refractivity (Wildman–Crippen MR) is 66.8 cm³/mol. The summed E-state index contributed by atoms with van der Waals surface area (Å²) in [4.78, 5) is 0. The van der Waals surface area contributed by atoms with Crippen molar-refractivity contribution in [3.8, 4) is 0 Å². The highest BCUT2D eigenvalue weighted by Gasteiger charge is 2.69. The van der Waals surface area contributed by atoms with E-state index in [0.29, 0.717) is 0 Å². The summed E-state index contributed by atoms with van der Waals surface area (Å²) in [5.74, 6) is 8.45. The molecule has 16 heavy (non-hydrogen) atoms. The SMILES string of the molecule is C=CCCC1C(C)C2C3C4C=CC(C4)C3C12. The lowest BCUT2D eigenvalue weighted by atomic mass is 9.36. The van der Waals surface area contributed by atoms with Gasteiger partial charge in [-0.3, -0.25) is 0 Å². The zero-order chi connectivity index (χ0) is 10.9. The maximum Gasteiger partial charge on any atom is -0.0194 e. The molecule has 0 radical (unpaired) electrons. The third-order valence-corrected chi connectivity index (χ3v) is 6.40. The van der Waals surface area contributed by atoms with Crippen molar-refractivity contribution in [3.63, 3.8) is 0 Å². The predicted octanol–water partition coefficient (Wildman–Crippen LogP) is 3.90. The summed E-state index contributed by atoms with van der Waals surface area (Å²) in [7, 11) is 0. The van der Waals surface area contributed by atoms with Crippen molar-refractivity contribution in [1.29, 1.82) is 0 Å². The molecule has 0 aromatic heterocycles. The Kier molecular flexibility index (Phi) is 1.80. The van der Waals surface area contributed by atoms with Crippen molar-refractivity contribution in [2.24, 2.45) is 47.3 Å². The van der Waals surface area contributed by atoms with Gasteiger partial charge in [-0.05, 0) is 66.6 Å². The lowest BCUT2D eigenvalue weighted by Gasteiger charge is -2.68. The minimum atomic E-state index is 0.981. The van der Waals surface area contributed by atoms with E-state index in [-0.39, 0.29) is 0 Å². The first kappa shape index (κ1) is 9.50. The Hall–Kier alpha value is -0.520. The van der Waals surface area contributed by atoms with Crippen molar-refractivity contribution in [1.82, 2.24) is 0 Å². The maximum absolute atomic E-state index is 3.87. The molecule has 3 fully saturated rings. The van der Waals surface area contributed by atoms with Gasteiger partial charge in [0, 0.05) is 0 Å². The van der Waals surface area contributed by atoms with Crippen LogP contribution in [0.1, 0.15) is 26.2 Å². The van der Waals surface area contributed by atoms with E-state index in [1.165, 1.54) is 19.3 Å². The largest absolute Gasteiger partial charge is 0.103 e. The van der Waals surface area contributed by atoms with Crippen molar-refractivity contribution in [3.05, 3.63) is 24.8 Å². The molecule has 0 N–H and O–H groups in total. The van der Waals surface area contributed by atoms with Gasteiger partial charge in [0.05, 0.1) is 0 Å². The van der Waals surface area contributed by atoms with Crippen LogP contribution in [-0.2, 0) is 0 Å². The lowest BCUT2D eigenvalue weighted by Crippen LogP contribution is -2.64. The molecule has 0 aromatic carbocycles. The van der Waals surface area contributed by atoms with Crippen LogP contribution in [0.5, 0.6) is 0 Å². The van der Waals surface area contributed by atoms with Gasteiger partial charge >= 0.3 is 0 Å². The topological polar surface area (TPSA) is 0 Å². The average molecular weight is 214 g/mol. The average Bonchev–Trinajstić information content (AvgIpc) is 2.80. The van der Waals surface area contributed by atoms with Crippen LogP contribution in [0.15, 0.2) is 24.8 Å². The molecular weight excluding hydrogens is 192 g/mol. The highest BCUT2D eigenvalue weighted by Crippen LogP contribution is 2.74. The van der Waals surface area contributed by atoms with Gasteiger partial charge in [-0.2, -0.15) is 0 Å². The fraction of sp³-hybridized carbons (Fsp3) is 0.750. The molecule has 0 spiro atoms. The molecule has 4 aliphatic carbocycles. The fourth-order valence-corrected chi connectivity index (χ4v) is 5.88. The minimum absolute atomic E-state index is 0.981. The summed E-state index contributed by atoms with van der Waals surface area (Å²) < 4.78 is 0. The summed E-state index contributed by atoms with van der Waals surface area (Å²) in [5, 5.41) is 0. The monoisotopic (exact) mass is 214 g/mol. The summed E-state index contributed by atoms with van der Waals surface area (Å²) in [6.45, 7) is 6.39. The van der Waals surface area contributed by atoms with E-state index in [4.69, 9.17) is 0 Å². The Morgan fingerprint density at radius 2 is 1.81 bits per heavy atom. The molecule has 3 saturated carbocycles. The Morgan fingerprint density at radius 3 is 2.50 bits per heavy atom. The highest BCUT2D eigenvalue weighted by atomic mass is 14.7. The van der Waals surface area contributed by atoms with Crippen LogP contribution in [0.3, 0.4) is 0 Å². The van der Waals surface area contributed by atoms with E-state index in [1.807, 2.05) is 0 Å². The van der Waals surface area contributed by atoms with Crippen molar-refractivity contribution in [2.45, 2.75) is 26.2 Å². The first-order valence-corrected chi connectivity index (χ1v) is 7.12. The van der Waals surface area contributed by atoms with E-state index < -0.39 is 0 Å². The van der Waals surface area contributed by atoms with E-state index in [0.717, 1.165) is 47.3 Å². The molecule has 0 nitrogen and oxygen atoms in total. The molecule has 0 heterocycles. The van der Waals surface area contributed by atoms with Gasteiger partial charge < -0.3 is 0 Å². The zero-order valence-corrected chi connectivity index (χ0v) is 10.2. The van der Waals surface area contributed by atoms with Crippen LogP contribution in [0.25, 0.3) is 0 Å². The quantitative estimate of drug-likeness (QED) is 0.625. The minimum Gasteiger partial charge on any atom is -0.103 e. The van der Waals surface area contributed by atoms with E-state index in [2.05, 4.69) is 31.7 Å². The van der Waals surface area contributed by atoms with Crippen molar-refractivity contribution in [2.75, 3.05) is 0 Å². The van der Waals surface area contributed by atoms with Gasteiger partial charge in [-0.15, -0.1) is 6.58 Å². The Labute approximate surface area is 98.8 Å². The van der Waals surface area contributed by atoms with E-state index in [9.17, 15) is 0 Å². The van der Waals surface area contributed by atoms with Crippen LogP contribution >= 0.6 is 0 Å². The standard InChI is InChI=1S/C16H22/c1-3-4-5-12-9(2)13-14-10-6-7-11(8-10)15(14)16(12)13/h3,6-7,9-16H,1,4-5,8H2,2H3. The molecule has 4 aliphatic rings. The Bertz CT molecular complexity index is 353. The highest BCUT2D eigenvalue weighted by molar-refractivity contribution is 5.25. The Balaban J connectivity index is 1.53. The number of rotatable bonds is 3. The number of allylic oxidation sites excluding steroid dienone is 3. The van der Waals surface area contributed by atoms with Crippen LogP contribution < -0.4 is 0 Å². The summed E-state index contributed by atoms with van der Waals surface area (Å²) in [6.07, 6.45) is 11.3. The normalized spacial score (nSPS) is 59.8. The molecule has 4 rings (SSSR count). The van der Waals surface area contributed by atoms with Gasteiger partial charge in [0.2, 0.25) is 0 Å². The second kappa shape index (κ2) is 3.03. The molecule has 86 valence electrons.